The maximum atomic E-state index is 15.0. The van der Waals surface area contributed by atoms with Crippen LogP contribution in [0, 0.1) is 40.7 Å². The predicted octanol–water partition coefficient (Wildman–Crippen LogP) is 7.47. The van der Waals surface area contributed by atoms with E-state index >= 15 is 4.39 Å². The van der Waals surface area contributed by atoms with E-state index in [1.165, 1.54) is 43.3 Å². The molecule has 4 rings (SSSR count). The Morgan fingerprint density at radius 1 is 0.867 bits per heavy atom. The van der Waals surface area contributed by atoms with Crippen molar-refractivity contribution in [1.82, 2.24) is 5.32 Å². The number of hydrogen-bond donors (Lipinski definition) is 1. The zero-order chi connectivity index (χ0) is 33.1. The zero-order valence-corrected chi connectivity index (χ0v) is 24.6. The summed E-state index contributed by atoms with van der Waals surface area (Å²) in [6, 6.07) is 12.3. The molecule has 0 heterocycles. The molecule has 0 saturated carbocycles. The molecule has 1 N–H and O–H groups in total. The average molecular weight is 675 g/mol. The number of benzene rings is 4. The van der Waals surface area contributed by atoms with Gasteiger partial charge in [0.1, 0.15) is 22.9 Å². The molecule has 6 nitrogen and oxygen atoms in total. The minimum atomic E-state index is -4.53. The Morgan fingerprint density at radius 3 is 2.11 bits per heavy atom. The Labute approximate surface area is 258 Å². The third-order valence-electron chi connectivity index (χ3n) is 6.54. The second-order valence-corrected chi connectivity index (χ2v) is 11.7. The molecule has 0 aliphatic rings. The van der Waals surface area contributed by atoms with E-state index in [0.717, 1.165) is 18.2 Å². The normalized spacial score (nSPS) is 12.1. The van der Waals surface area contributed by atoms with E-state index in [1.807, 2.05) is 5.32 Å². The van der Waals surface area contributed by atoms with Crippen LogP contribution < -0.4 is 14.4 Å². The van der Waals surface area contributed by atoms with Crippen LogP contribution >= 0.6 is 11.6 Å². The van der Waals surface area contributed by atoms with Gasteiger partial charge >= 0.3 is 0 Å². The van der Waals surface area contributed by atoms with Crippen molar-refractivity contribution in [3.05, 3.63) is 124 Å². The summed E-state index contributed by atoms with van der Waals surface area (Å²) >= 11 is 5.90. The predicted molar refractivity (Wildman–Crippen MR) is 151 cm³/mol. The van der Waals surface area contributed by atoms with Gasteiger partial charge in [0.05, 0.1) is 23.2 Å². The molecule has 15 heteroatoms. The molecule has 1 atom stereocenters. The molecule has 238 valence electrons. The number of nitrogens with zero attached hydrogens (tertiary/aromatic N) is 1. The highest BCUT2D eigenvalue weighted by molar-refractivity contribution is 7.92. The first-order valence-corrected chi connectivity index (χ1v) is 14.8. The minimum Gasteiger partial charge on any atom is -0.493 e. The van der Waals surface area contributed by atoms with Crippen LogP contribution in [0.15, 0.2) is 71.6 Å². The molecule has 0 radical (unpaired) electrons. The second kappa shape index (κ2) is 13.8. The standard InChI is InChI=1S/C30H22ClF7N2O4S/c1-16(40(22-15-18(32)9-12-21(22)33)45(42,43)19-10-7-17(31)8-11-19)20-5-2-3-6-23(20)44-14-4-13-39-30(41)24-25(34)27(36)29(38)28(37)26(24)35/h2-3,5-12,15-16H,4,13-14H2,1H3,(H,39,41). The van der Waals surface area contributed by atoms with Crippen molar-refractivity contribution in [3.8, 4) is 5.75 Å². The first-order valence-electron chi connectivity index (χ1n) is 13.0. The largest absolute Gasteiger partial charge is 0.493 e. The van der Waals surface area contributed by atoms with Gasteiger partial charge in [-0.05, 0) is 55.8 Å². The number of sulfonamides is 1. The Bertz CT molecular complexity index is 1810. The highest BCUT2D eigenvalue weighted by Crippen LogP contribution is 2.38. The molecule has 0 spiro atoms. The Morgan fingerprint density at radius 2 is 1.47 bits per heavy atom. The molecule has 4 aromatic rings. The van der Waals surface area contributed by atoms with Crippen molar-refractivity contribution in [2.24, 2.45) is 0 Å². The van der Waals surface area contributed by atoms with Gasteiger partial charge in [-0.2, -0.15) is 0 Å². The minimum absolute atomic E-state index is 0.0326. The lowest BCUT2D eigenvalue weighted by molar-refractivity contribution is 0.0939. The van der Waals surface area contributed by atoms with Crippen molar-refractivity contribution in [3.63, 3.8) is 0 Å². The quantitative estimate of drug-likeness (QED) is 0.0776. The first kappa shape index (κ1) is 33.6. The highest BCUT2D eigenvalue weighted by atomic mass is 35.5. The van der Waals surface area contributed by atoms with Crippen LogP contribution in [-0.4, -0.2) is 27.5 Å². The molecule has 45 heavy (non-hydrogen) atoms. The van der Waals surface area contributed by atoms with Crippen molar-refractivity contribution >= 4 is 33.2 Å². The number of carbonyl (C=O) groups is 1. The van der Waals surface area contributed by atoms with Crippen LogP contribution in [-0.2, 0) is 10.0 Å². The van der Waals surface area contributed by atoms with E-state index < -0.39 is 73.9 Å². The monoisotopic (exact) mass is 674 g/mol. The van der Waals surface area contributed by atoms with Crippen LogP contribution in [0.1, 0.15) is 35.3 Å². The number of amides is 1. The van der Waals surface area contributed by atoms with Crippen LogP contribution in [0.4, 0.5) is 36.4 Å². The highest BCUT2D eigenvalue weighted by Gasteiger charge is 2.34. The second-order valence-electron chi connectivity index (χ2n) is 9.47. The number of para-hydroxylation sites is 1. The van der Waals surface area contributed by atoms with Gasteiger partial charge in [0.2, 0.25) is 5.82 Å². The molecule has 1 unspecified atom stereocenters. The number of hydrogen-bond acceptors (Lipinski definition) is 4. The lowest BCUT2D eigenvalue weighted by atomic mass is 10.1. The molecule has 0 aliphatic heterocycles. The third-order valence-corrected chi connectivity index (χ3v) is 8.69. The van der Waals surface area contributed by atoms with Crippen molar-refractivity contribution in [2.45, 2.75) is 24.3 Å². The number of ether oxygens (including phenoxy) is 1. The SMILES string of the molecule is CC(c1ccccc1OCCCNC(=O)c1c(F)c(F)c(F)c(F)c1F)N(c1cc(F)ccc1F)S(=O)(=O)c1ccc(Cl)cc1. The van der Waals surface area contributed by atoms with Gasteiger partial charge in [-0.25, -0.2) is 39.2 Å². The van der Waals surface area contributed by atoms with E-state index in [-0.39, 0.29) is 40.8 Å². The van der Waals surface area contributed by atoms with Gasteiger partial charge in [-0.15, -0.1) is 0 Å². The van der Waals surface area contributed by atoms with Gasteiger partial charge in [0, 0.05) is 23.2 Å². The summed E-state index contributed by atoms with van der Waals surface area (Å²) < 4.78 is 131. The first-order chi connectivity index (χ1) is 21.2. The summed E-state index contributed by atoms with van der Waals surface area (Å²) in [7, 11) is -4.53. The fourth-order valence-corrected chi connectivity index (χ4v) is 6.12. The van der Waals surface area contributed by atoms with Crippen LogP contribution in [0.25, 0.3) is 0 Å². The van der Waals surface area contributed by atoms with Gasteiger partial charge in [0.25, 0.3) is 15.9 Å². The molecule has 0 aliphatic carbocycles. The van der Waals surface area contributed by atoms with Gasteiger partial charge in [0.15, 0.2) is 23.3 Å². The molecule has 0 bridgehead atoms. The molecule has 0 saturated heterocycles. The number of halogens is 8. The van der Waals surface area contributed by atoms with Gasteiger partial charge < -0.3 is 10.1 Å². The number of carbonyl (C=O) groups excluding carboxylic acids is 1. The molecule has 4 aromatic carbocycles. The summed E-state index contributed by atoms with van der Waals surface area (Å²) in [5, 5.41) is 2.29. The fraction of sp³-hybridized carbons (Fsp3) is 0.167. The number of rotatable bonds is 11. The average Bonchev–Trinajstić information content (AvgIpc) is 3.01. The smallest absolute Gasteiger partial charge is 0.264 e. The Hall–Kier alpha value is -4.30. The molecular formula is C30H22ClF7N2O4S. The van der Waals surface area contributed by atoms with E-state index in [2.05, 4.69) is 0 Å². The van der Waals surface area contributed by atoms with E-state index in [0.29, 0.717) is 4.31 Å². The molecule has 0 aromatic heterocycles. The summed E-state index contributed by atoms with van der Waals surface area (Å²) in [5.41, 5.74) is -2.00. The maximum Gasteiger partial charge on any atom is 0.264 e. The van der Waals surface area contributed by atoms with Crippen LogP contribution in [0.3, 0.4) is 0 Å². The van der Waals surface area contributed by atoms with E-state index in [9.17, 15) is 39.6 Å². The van der Waals surface area contributed by atoms with Gasteiger partial charge in [-0.3, -0.25) is 9.10 Å². The summed E-state index contributed by atoms with van der Waals surface area (Å²) in [6.07, 6.45) is -0.0326. The maximum absolute atomic E-state index is 15.0. The van der Waals surface area contributed by atoms with Gasteiger partial charge in [-0.1, -0.05) is 29.8 Å². The molecule has 1 amide bonds. The number of nitrogens with one attached hydrogen (secondary N) is 1. The topological polar surface area (TPSA) is 75.7 Å². The number of anilines is 1. The Balaban J connectivity index is 1.55. The zero-order valence-electron chi connectivity index (χ0n) is 23.1. The summed E-state index contributed by atoms with van der Waals surface area (Å²) in [5.74, 6) is -14.8. The van der Waals surface area contributed by atoms with E-state index in [4.69, 9.17) is 16.3 Å². The van der Waals surface area contributed by atoms with E-state index in [1.54, 1.807) is 12.1 Å². The van der Waals surface area contributed by atoms with Crippen LogP contribution in [0.2, 0.25) is 5.02 Å². The third kappa shape index (κ3) is 7.01. The molecular weight excluding hydrogens is 653 g/mol. The summed E-state index contributed by atoms with van der Waals surface area (Å²) in [4.78, 5) is 11.9. The Kier molecular flexibility index (Phi) is 10.3. The molecule has 0 fully saturated rings. The summed E-state index contributed by atoms with van der Waals surface area (Å²) in [6.45, 7) is 0.922. The lowest BCUT2D eigenvalue weighted by Gasteiger charge is -2.32. The van der Waals surface area contributed by atoms with Crippen LogP contribution in [0.5, 0.6) is 5.75 Å². The van der Waals surface area contributed by atoms with Crippen molar-refractivity contribution in [1.29, 1.82) is 0 Å². The lowest BCUT2D eigenvalue weighted by Crippen LogP contribution is -2.34. The van der Waals surface area contributed by atoms with Crippen molar-refractivity contribution in [2.75, 3.05) is 17.5 Å². The fourth-order valence-electron chi connectivity index (χ4n) is 4.35. The van der Waals surface area contributed by atoms with Crippen molar-refractivity contribution < 1.29 is 48.7 Å².